The number of carboxylic acids is 1. The zero-order chi connectivity index (χ0) is 9.94. The Hall–Kier alpha value is -1.06. The number of ether oxygens (including phenoxy) is 1. The van der Waals surface area contributed by atoms with E-state index in [4.69, 9.17) is 9.84 Å². The van der Waals surface area contributed by atoms with Gasteiger partial charge in [-0.05, 0) is 27.7 Å². The highest BCUT2D eigenvalue weighted by atomic mass is 16.6. The van der Waals surface area contributed by atoms with Crippen LogP contribution in [0.4, 0.5) is 0 Å². The third kappa shape index (κ3) is 3.95. The van der Waals surface area contributed by atoms with Crippen LogP contribution >= 0.6 is 0 Å². The molecule has 4 heteroatoms. The summed E-state index contributed by atoms with van der Waals surface area (Å²) < 4.78 is 4.84. The predicted octanol–water partition coefficient (Wildman–Crippen LogP) is 1.05. The molecule has 0 saturated carbocycles. The van der Waals surface area contributed by atoms with Gasteiger partial charge in [0, 0.05) is 0 Å². The lowest BCUT2D eigenvalue weighted by molar-refractivity contribution is -0.165. The molecule has 0 aromatic carbocycles. The molecule has 0 aromatic heterocycles. The molecule has 0 unspecified atom stereocenters. The summed E-state index contributed by atoms with van der Waals surface area (Å²) >= 11 is 0. The van der Waals surface area contributed by atoms with E-state index in [1.165, 1.54) is 6.92 Å². The summed E-state index contributed by atoms with van der Waals surface area (Å²) in [4.78, 5) is 21.3. The molecular formula is C8H14O4. The van der Waals surface area contributed by atoms with Crippen LogP contribution in [0.15, 0.2) is 0 Å². The van der Waals surface area contributed by atoms with Crippen LogP contribution in [0.5, 0.6) is 0 Å². The van der Waals surface area contributed by atoms with Crippen LogP contribution in [0.3, 0.4) is 0 Å². The van der Waals surface area contributed by atoms with Crippen molar-refractivity contribution in [2.24, 2.45) is 5.92 Å². The molecule has 70 valence electrons. The largest absolute Gasteiger partial charge is 0.481 e. The smallest absolute Gasteiger partial charge is 0.320 e. The van der Waals surface area contributed by atoms with Crippen LogP contribution in [-0.2, 0) is 14.3 Å². The van der Waals surface area contributed by atoms with E-state index >= 15 is 0 Å². The van der Waals surface area contributed by atoms with Gasteiger partial charge in [0.25, 0.3) is 0 Å². The highest BCUT2D eigenvalue weighted by Crippen LogP contribution is 2.10. The van der Waals surface area contributed by atoms with E-state index in [0.29, 0.717) is 0 Å². The number of carbonyl (C=O) groups is 2. The van der Waals surface area contributed by atoms with Gasteiger partial charge in [0.15, 0.2) is 5.92 Å². The van der Waals surface area contributed by atoms with E-state index < -0.39 is 23.5 Å². The second-order valence-corrected chi connectivity index (χ2v) is 3.59. The van der Waals surface area contributed by atoms with Crippen molar-refractivity contribution >= 4 is 11.9 Å². The monoisotopic (exact) mass is 174 g/mol. The molecule has 0 aliphatic rings. The van der Waals surface area contributed by atoms with Gasteiger partial charge < -0.3 is 9.84 Å². The van der Waals surface area contributed by atoms with Crippen LogP contribution in [-0.4, -0.2) is 22.6 Å². The fourth-order valence-electron chi connectivity index (χ4n) is 0.491. The van der Waals surface area contributed by atoms with Gasteiger partial charge in [-0.2, -0.15) is 0 Å². The van der Waals surface area contributed by atoms with Gasteiger partial charge in [0.2, 0.25) is 0 Å². The Morgan fingerprint density at radius 3 is 2.00 bits per heavy atom. The summed E-state index contributed by atoms with van der Waals surface area (Å²) in [6, 6.07) is 0. The van der Waals surface area contributed by atoms with Crippen molar-refractivity contribution in [1.82, 2.24) is 0 Å². The minimum Gasteiger partial charge on any atom is -0.481 e. The summed E-state index contributed by atoms with van der Waals surface area (Å²) in [6.45, 7) is 6.38. The molecule has 1 N–H and O–H groups in total. The first-order chi connectivity index (χ1) is 5.24. The van der Waals surface area contributed by atoms with E-state index in [-0.39, 0.29) is 0 Å². The quantitative estimate of drug-likeness (QED) is 0.502. The van der Waals surface area contributed by atoms with Crippen molar-refractivity contribution in [1.29, 1.82) is 0 Å². The Bertz CT molecular complexity index is 190. The number of hydrogen-bond acceptors (Lipinski definition) is 3. The van der Waals surface area contributed by atoms with Crippen LogP contribution in [0.1, 0.15) is 27.7 Å². The number of carbonyl (C=O) groups excluding carboxylic acids is 1. The van der Waals surface area contributed by atoms with Gasteiger partial charge in [-0.1, -0.05) is 0 Å². The average Bonchev–Trinajstić information content (AvgIpc) is 1.82. The van der Waals surface area contributed by atoms with E-state index in [2.05, 4.69) is 0 Å². The lowest BCUT2D eigenvalue weighted by Gasteiger charge is -2.20. The SMILES string of the molecule is C[C@H](C(=O)O)C(=O)OC(C)(C)C. The Labute approximate surface area is 71.5 Å². The summed E-state index contributed by atoms with van der Waals surface area (Å²) in [5.74, 6) is -2.96. The second-order valence-electron chi connectivity index (χ2n) is 3.59. The van der Waals surface area contributed by atoms with Crippen molar-refractivity contribution in [3.8, 4) is 0 Å². The van der Waals surface area contributed by atoms with E-state index in [1.54, 1.807) is 20.8 Å². The molecule has 0 aliphatic carbocycles. The van der Waals surface area contributed by atoms with Crippen molar-refractivity contribution in [3.63, 3.8) is 0 Å². The lowest BCUT2D eigenvalue weighted by atomic mass is 10.1. The molecule has 0 heterocycles. The summed E-state index contributed by atoms with van der Waals surface area (Å²) in [6.07, 6.45) is 0. The first-order valence-electron chi connectivity index (χ1n) is 3.69. The maximum atomic E-state index is 11.0. The van der Waals surface area contributed by atoms with E-state index in [9.17, 15) is 9.59 Å². The van der Waals surface area contributed by atoms with Gasteiger partial charge in [0.1, 0.15) is 5.60 Å². The normalized spacial score (nSPS) is 13.7. The molecule has 1 atom stereocenters. The topological polar surface area (TPSA) is 63.6 Å². The van der Waals surface area contributed by atoms with E-state index in [0.717, 1.165) is 0 Å². The minimum atomic E-state index is -1.16. The molecule has 4 nitrogen and oxygen atoms in total. The van der Waals surface area contributed by atoms with Crippen LogP contribution in [0, 0.1) is 5.92 Å². The molecule has 0 aliphatic heterocycles. The van der Waals surface area contributed by atoms with Crippen molar-refractivity contribution in [2.75, 3.05) is 0 Å². The van der Waals surface area contributed by atoms with Gasteiger partial charge in [-0.3, -0.25) is 9.59 Å². The molecule has 0 rings (SSSR count). The molecule has 0 fully saturated rings. The number of hydrogen-bond donors (Lipinski definition) is 1. The number of carboxylic acid groups (broad SMARTS) is 1. The van der Waals surface area contributed by atoms with Crippen LogP contribution in [0.2, 0.25) is 0 Å². The molecule has 0 aromatic rings. The van der Waals surface area contributed by atoms with Gasteiger partial charge in [-0.25, -0.2) is 0 Å². The molecule has 0 spiro atoms. The zero-order valence-electron chi connectivity index (χ0n) is 7.75. The Morgan fingerprint density at radius 2 is 1.75 bits per heavy atom. The summed E-state index contributed by atoms with van der Waals surface area (Å²) in [5, 5.41) is 8.45. The predicted molar refractivity (Wildman–Crippen MR) is 42.6 cm³/mol. The van der Waals surface area contributed by atoms with Gasteiger partial charge in [-0.15, -0.1) is 0 Å². The standard InChI is InChI=1S/C8H14O4/c1-5(6(9)10)7(11)12-8(2,3)4/h5H,1-4H3,(H,9,10)/t5-/m1/s1. The first-order valence-corrected chi connectivity index (χ1v) is 3.69. The highest BCUT2D eigenvalue weighted by molar-refractivity contribution is 5.93. The molecule has 0 saturated heterocycles. The van der Waals surface area contributed by atoms with Crippen molar-refractivity contribution in [2.45, 2.75) is 33.3 Å². The van der Waals surface area contributed by atoms with Crippen LogP contribution < -0.4 is 0 Å². The molecular weight excluding hydrogens is 160 g/mol. The number of rotatable bonds is 2. The lowest BCUT2D eigenvalue weighted by Crippen LogP contribution is -2.31. The second kappa shape index (κ2) is 3.56. The molecule has 12 heavy (non-hydrogen) atoms. The summed E-state index contributed by atoms with van der Waals surface area (Å²) in [5.41, 5.74) is -0.624. The maximum absolute atomic E-state index is 11.0. The Kier molecular flexibility index (Phi) is 3.24. The molecule has 0 amide bonds. The number of esters is 1. The molecule has 0 radical (unpaired) electrons. The third-order valence-corrected chi connectivity index (χ3v) is 1.13. The van der Waals surface area contributed by atoms with Gasteiger partial charge in [0.05, 0.1) is 0 Å². The molecule has 0 bridgehead atoms. The Balaban J connectivity index is 4.15. The van der Waals surface area contributed by atoms with Crippen LogP contribution in [0.25, 0.3) is 0 Å². The third-order valence-electron chi connectivity index (χ3n) is 1.13. The fourth-order valence-corrected chi connectivity index (χ4v) is 0.491. The summed E-state index contributed by atoms with van der Waals surface area (Å²) in [7, 11) is 0. The first kappa shape index (κ1) is 10.9. The highest BCUT2D eigenvalue weighted by Gasteiger charge is 2.26. The maximum Gasteiger partial charge on any atom is 0.320 e. The van der Waals surface area contributed by atoms with Gasteiger partial charge >= 0.3 is 11.9 Å². The zero-order valence-corrected chi connectivity index (χ0v) is 7.75. The minimum absolute atomic E-state index is 0.624. The fraction of sp³-hybridized carbons (Fsp3) is 0.750. The van der Waals surface area contributed by atoms with Crippen molar-refractivity contribution < 1.29 is 19.4 Å². The number of aliphatic carboxylic acids is 1. The van der Waals surface area contributed by atoms with Crippen molar-refractivity contribution in [3.05, 3.63) is 0 Å². The Morgan fingerprint density at radius 1 is 1.33 bits per heavy atom. The average molecular weight is 174 g/mol. The van der Waals surface area contributed by atoms with E-state index in [1.807, 2.05) is 0 Å².